The lowest BCUT2D eigenvalue weighted by Crippen LogP contribution is -2.32. The average molecular weight is 375 g/mol. The van der Waals surface area contributed by atoms with Crippen LogP contribution in [-0.2, 0) is 19.6 Å². The molecular formula is C24H30N4. The normalized spacial score (nSPS) is 15.8. The first-order chi connectivity index (χ1) is 13.8. The van der Waals surface area contributed by atoms with Gasteiger partial charge in [0.05, 0.1) is 6.33 Å². The third kappa shape index (κ3) is 5.09. The lowest BCUT2D eigenvalue weighted by atomic mass is 9.99. The van der Waals surface area contributed by atoms with Crippen LogP contribution < -0.4 is 5.32 Å². The summed E-state index contributed by atoms with van der Waals surface area (Å²) in [5, 5.41) is 3.55. The Balaban J connectivity index is 1.23. The van der Waals surface area contributed by atoms with Crippen LogP contribution in [0.5, 0.6) is 0 Å². The SMILES string of the molecule is CC1CCN(Cc2ccc(CNCc3ccc(-n4ccnc4)cc3)cc2)CC1. The van der Waals surface area contributed by atoms with Crippen LogP contribution in [0.4, 0.5) is 0 Å². The minimum atomic E-state index is 0.873. The van der Waals surface area contributed by atoms with E-state index >= 15 is 0 Å². The van der Waals surface area contributed by atoms with E-state index in [9.17, 15) is 0 Å². The average Bonchev–Trinajstić information content (AvgIpc) is 3.26. The van der Waals surface area contributed by atoms with Gasteiger partial charge in [0.2, 0.25) is 0 Å². The summed E-state index contributed by atoms with van der Waals surface area (Å²) in [4.78, 5) is 6.68. The molecule has 3 aromatic rings. The summed E-state index contributed by atoms with van der Waals surface area (Å²) >= 11 is 0. The Kier molecular flexibility index (Phi) is 6.20. The number of hydrogen-bond donors (Lipinski definition) is 1. The molecule has 4 heteroatoms. The van der Waals surface area contributed by atoms with E-state index in [1.807, 2.05) is 17.1 Å². The van der Waals surface area contributed by atoms with Gasteiger partial charge in [0.25, 0.3) is 0 Å². The highest BCUT2D eigenvalue weighted by Crippen LogP contribution is 2.18. The Morgan fingerprint density at radius 2 is 1.50 bits per heavy atom. The Morgan fingerprint density at radius 3 is 2.11 bits per heavy atom. The fraction of sp³-hybridized carbons (Fsp3) is 0.375. The molecule has 1 N–H and O–H groups in total. The standard InChI is InChI=1S/C24H30N4/c1-20-10-13-27(14-11-20)18-23-4-2-21(3-5-23)16-26-17-22-6-8-24(9-7-22)28-15-12-25-19-28/h2-9,12,15,19-20,26H,10-11,13-14,16-18H2,1H3. The van der Waals surface area contributed by atoms with Gasteiger partial charge in [-0.3, -0.25) is 4.90 Å². The van der Waals surface area contributed by atoms with Crippen LogP contribution in [0.1, 0.15) is 36.5 Å². The zero-order valence-corrected chi connectivity index (χ0v) is 16.7. The van der Waals surface area contributed by atoms with Gasteiger partial charge >= 0.3 is 0 Å². The first-order valence-electron chi connectivity index (χ1n) is 10.3. The molecule has 0 bridgehead atoms. The number of nitrogens with one attached hydrogen (secondary N) is 1. The second-order valence-corrected chi connectivity index (χ2v) is 8.02. The maximum absolute atomic E-state index is 4.09. The summed E-state index contributed by atoms with van der Waals surface area (Å²) in [6.45, 7) is 7.70. The molecule has 4 nitrogen and oxygen atoms in total. The van der Waals surface area contributed by atoms with E-state index in [-0.39, 0.29) is 0 Å². The van der Waals surface area contributed by atoms with Gasteiger partial charge in [-0.15, -0.1) is 0 Å². The molecule has 28 heavy (non-hydrogen) atoms. The molecule has 0 spiro atoms. The van der Waals surface area contributed by atoms with Gasteiger partial charge in [-0.2, -0.15) is 0 Å². The molecule has 0 radical (unpaired) electrons. The fourth-order valence-electron chi connectivity index (χ4n) is 3.79. The van der Waals surface area contributed by atoms with Crippen molar-refractivity contribution in [3.05, 3.63) is 83.9 Å². The molecular weight excluding hydrogens is 344 g/mol. The zero-order chi connectivity index (χ0) is 19.2. The Hall–Kier alpha value is -2.43. The zero-order valence-electron chi connectivity index (χ0n) is 16.7. The van der Waals surface area contributed by atoms with Gasteiger partial charge in [-0.05, 0) is 60.7 Å². The van der Waals surface area contributed by atoms with Crippen molar-refractivity contribution in [2.75, 3.05) is 13.1 Å². The van der Waals surface area contributed by atoms with Crippen LogP contribution in [0.15, 0.2) is 67.3 Å². The smallest absolute Gasteiger partial charge is 0.0991 e. The third-order valence-corrected chi connectivity index (χ3v) is 5.70. The highest BCUT2D eigenvalue weighted by atomic mass is 15.1. The van der Waals surface area contributed by atoms with Crippen molar-refractivity contribution in [1.29, 1.82) is 0 Å². The summed E-state index contributed by atoms with van der Waals surface area (Å²) in [5.41, 5.74) is 5.19. The van der Waals surface area contributed by atoms with Gasteiger partial charge in [-0.25, -0.2) is 4.98 Å². The number of likely N-dealkylation sites (tertiary alicyclic amines) is 1. The minimum Gasteiger partial charge on any atom is -0.309 e. The van der Waals surface area contributed by atoms with Gasteiger partial charge in [-0.1, -0.05) is 43.3 Å². The molecule has 0 saturated carbocycles. The highest BCUT2D eigenvalue weighted by Gasteiger charge is 2.15. The molecule has 0 atom stereocenters. The summed E-state index contributed by atoms with van der Waals surface area (Å²) in [5.74, 6) is 0.895. The van der Waals surface area contributed by atoms with Crippen molar-refractivity contribution >= 4 is 0 Å². The van der Waals surface area contributed by atoms with Gasteiger partial charge in [0.15, 0.2) is 0 Å². The number of piperidine rings is 1. The summed E-state index contributed by atoms with van der Waals surface area (Å²) in [6.07, 6.45) is 8.26. The Morgan fingerprint density at radius 1 is 0.893 bits per heavy atom. The van der Waals surface area contributed by atoms with Crippen molar-refractivity contribution in [3.8, 4) is 5.69 Å². The molecule has 0 unspecified atom stereocenters. The summed E-state index contributed by atoms with van der Waals surface area (Å²) in [7, 11) is 0. The topological polar surface area (TPSA) is 33.1 Å². The summed E-state index contributed by atoms with van der Waals surface area (Å²) in [6, 6.07) is 17.7. The van der Waals surface area contributed by atoms with Crippen LogP contribution in [0, 0.1) is 5.92 Å². The van der Waals surface area contributed by atoms with Gasteiger partial charge < -0.3 is 9.88 Å². The number of nitrogens with zero attached hydrogens (tertiary/aromatic N) is 3. The second-order valence-electron chi connectivity index (χ2n) is 8.02. The lowest BCUT2D eigenvalue weighted by Gasteiger charge is -2.30. The van der Waals surface area contributed by atoms with Crippen molar-refractivity contribution < 1.29 is 0 Å². The van der Waals surface area contributed by atoms with Crippen molar-refractivity contribution in [2.24, 2.45) is 5.92 Å². The van der Waals surface area contributed by atoms with Crippen molar-refractivity contribution in [1.82, 2.24) is 19.8 Å². The molecule has 2 heterocycles. The fourth-order valence-corrected chi connectivity index (χ4v) is 3.79. The number of hydrogen-bond acceptors (Lipinski definition) is 3. The van der Waals surface area contributed by atoms with Crippen LogP contribution in [0.2, 0.25) is 0 Å². The number of aromatic nitrogens is 2. The molecule has 2 aromatic carbocycles. The second kappa shape index (κ2) is 9.18. The van der Waals surface area contributed by atoms with E-state index in [1.165, 1.54) is 42.6 Å². The van der Waals surface area contributed by atoms with E-state index < -0.39 is 0 Å². The summed E-state index contributed by atoms with van der Waals surface area (Å²) < 4.78 is 2.02. The van der Waals surface area contributed by atoms with Crippen LogP contribution in [0.25, 0.3) is 5.69 Å². The maximum atomic E-state index is 4.09. The predicted molar refractivity (Wildman–Crippen MR) is 114 cm³/mol. The number of benzene rings is 2. The number of rotatable bonds is 7. The van der Waals surface area contributed by atoms with E-state index in [0.717, 1.165) is 31.2 Å². The molecule has 1 saturated heterocycles. The monoisotopic (exact) mass is 374 g/mol. The van der Waals surface area contributed by atoms with E-state index in [2.05, 4.69) is 70.7 Å². The minimum absolute atomic E-state index is 0.873. The largest absolute Gasteiger partial charge is 0.309 e. The molecule has 1 aliphatic heterocycles. The van der Waals surface area contributed by atoms with Gasteiger partial charge in [0.1, 0.15) is 0 Å². The third-order valence-electron chi connectivity index (χ3n) is 5.70. The highest BCUT2D eigenvalue weighted by molar-refractivity contribution is 5.34. The Bertz CT molecular complexity index is 829. The first-order valence-corrected chi connectivity index (χ1v) is 10.3. The molecule has 0 amide bonds. The molecule has 1 aliphatic rings. The Labute approximate surface area is 168 Å². The molecule has 146 valence electrons. The number of imidazole rings is 1. The van der Waals surface area contributed by atoms with E-state index in [0.29, 0.717) is 0 Å². The van der Waals surface area contributed by atoms with Gasteiger partial charge in [0, 0.05) is 37.7 Å². The molecule has 0 aliphatic carbocycles. The molecule has 4 rings (SSSR count). The van der Waals surface area contributed by atoms with Crippen molar-refractivity contribution in [2.45, 2.75) is 39.4 Å². The molecule has 1 fully saturated rings. The maximum Gasteiger partial charge on any atom is 0.0991 e. The first kappa shape index (κ1) is 18.9. The van der Waals surface area contributed by atoms with Crippen LogP contribution in [-0.4, -0.2) is 27.5 Å². The van der Waals surface area contributed by atoms with Crippen LogP contribution in [0.3, 0.4) is 0 Å². The van der Waals surface area contributed by atoms with Crippen LogP contribution >= 0.6 is 0 Å². The van der Waals surface area contributed by atoms with E-state index in [4.69, 9.17) is 0 Å². The quantitative estimate of drug-likeness (QED) is 0.666. The molecule has 1 aromatic heterocycles. The lowest BCUT2D eigenvalue weighted by molar-refractivity contribution is 0.185. The van der Waals surface area contributed by atoms with Crippen molar-refractivity contribution in [3.63, 3.8) is 0 Å². The predicted octanol–water partition coefficient (Wildman–Crippen LogP) is 4.39. The van der Waals surface area contributed by atoms with E-state index in [1.54, 1.807) is 6.20 Å².